The van der Waals surface area contributed by atoms with E-state index in [2.05, 4.69) is 20.2 Å². The summed E-state index contributed by atoms with van der Waals surface area (Å²) < 4.78 is 1.86. The normalized spacial score (nSPS) is 10.9. The van der Waals surface area contributed by atoms with Crippen molar-refractivity contribution in [1.82, 2.24) is 24.7 Å². The van der Waals surface area contributed by atoms with Crippen molar-refractivity contribution in [2.75, 3.05) is 0 Å². The van der Waals surface area contributed by atoms with Gasteiger partial charge in [0.25, 0.3) is 0 Å². The highest BCUT2D eigenvalue weighted by molar-refractivity contribution is 7.98. The Balaban J connectivity index is 2.09. The summed E-state index contributed by atoms with van der Waals surface area (Å²) in [6, 6.07) is 1.73. The summed E-state index contributed by atoms with van der Waals surface area (Å²) in [5.74, 6) is 2.03. The van der Waals surface area contributed by atoms with E-state index in [-0.39, 0.29) is 0 Å². The maximum Gasteiger partial charge on any atom is 0.191 e. The van der Waals surface area contributed by atoms with Gasteiger partial charge in [-0.15, -0.1) is 10.2 Å². The van der Waals surface area contributed by atoms with Gasteiger partial charge >= 0.3 is 0 Å². The molecule has 96 valence electrons. The van der Waals surface area contributed by atoms with Gasteiger partial charge in [0.1, 0.15) is 16.8 Å². The molecule has 2 rings (SSSR count). The van der Waals surface area contributed by atoms with Crippen LogP contribution in [0.3, 0.4) is 0 Å². The number of aromatic nitrogens is 5. The van der Waals surface area contributed by atoms with Gasteiger partial charge in [-0.1, -0.05) is 23.4 Å². The Hall–Kier alpha value is -1.18. The third-order valence-corrected chi connectivity index (χ3v) is 3.52. The van der Waals surface area contributed by atoms with E-state index in [1.54, 1.807) is 6.07 Å². The zero-order valence-electron chi connectivity index (χ0n) is 10.1. The quantitative estimate of drug-likeness (QED) is 0.673. The maximum absolute atomic E-state index is 5.88. The molecule has 2 N–H and O–H groups in total. The van der Waals surface area contributed by atoms with Crippen LogP contribution >= 0.6 is 23.4 Å². The van der Waals surface area contributed by atoms with Crippen molar-refractivity contribution in [3.63, 3.8) is 0 Å². The number of aryl methyl sites for hydroxylation is 1. The predicted molar refractivity (Wildman–Crippen MR) is 70.2 cm³/mol. The summed E-state index contributed by atoms with van der Waals surface area (Å²) in [4.78, 5) is 8.46. The van der Waals surface area contributed by atoms with Crippen LogP contribution in [0.5, 0.6) is 0 Å². The predicted octanol–water partition coefficient (Wildman–Crippen LogP) is 1.32. The molecule has 2 aromatic rings. The number of nitrogens with two attached hydrogens (primary N) is 1. The highest BCUT2D eigenvalue weighted by atomic mass is 35.5. The molecule has 0 aliphatic carbocycles. The van der Waals surface area contributed by atoms with E-state index in [4.69, 9.17) is 17.3 Å². The van der Waals surface area contributed by atoms with Gasteiger partial charge in [-0.3, -0.25) is 0 Å². The Kier molecular flexibility index (Phi) is 4.15. The zero-order chi connectivity index (χ0) is 13.1. The molecule has 0 aliphatic rings. The monoisotopic (exact) mass is 284 g/mol. The van der Waals surface area contributed by atoms with Crippen LogP contribution in [0, 0.1) is 6.92 Å². The smallest absolute Gasteiger partial charge is 0.191 e. The molecule has 6 nitrogen and oxygen atoms in total. The fourth-order valence-electron chi connectivity index (χ4n) is 1.43. The first kappa shape index (κ1) is 13.3. The molecule has 8 heteroatoms. The SMILES string of the molecule is Cc1cc(Cl)nc(CSc2nnc(CN)n2C)n1. The molecule has 0 aliphatic heterocycles. The van der Waals surface area contributed by atoms with E-state index in [0.717, 1.165) is 16.7 Å². The van der Waals surface area contributed by atoms with E-state index in [1.807, 2.05) is 18.5 Å². The third kappa shape index (κ3) is 2.98. The molecule has 0 spiro atoms. The topological polar surface area (TPSA) is 82.5 Å². The third-order valence-electron chi connectivity index (χ3n) is 2.31. The lowest BCUT2D eigenvalue weighted by molar-refractivity contribution is 0.734. The van der Waals surface area contributed by atoms with Gasteiger partial charge in [-0.05, 0) is 13.0 Å². The fourth-order valence-corrected chi connectivity index (χ4v) is 2.47. The molecule has 0 bridgehead atoms. The Morgan fingerprint density at radius 2 is 2.17 bits per heavy atom. The molecule has 0 radical (unpaired) electrons. The first-order valence-corrected chi connectivity index (χ1v) is 6.67. The Morgan fingerprint density at radius 3 is 2.78 bits per heavy atom. The van der Waals surface area contributed by atoms with Crippen molar-refractivity contribution >= 4 is 23.4 Å². The number of halogens is 1. The molecule has 0 aromatic carbocycles. The van der Waals surface area contributed by atoms with Crippen LogP contribution in [0.25, 0.3) is 0 Å². The molecule has 0 saturated carbocycles. The Labute approximate surface area is 114 Å². The average molecular weight is 285 g/mol. The molecule has 0 unspecified atom stereocenters. The summed E-state index contributed by atoms with van der Waals surface area (Å²) in [6.45, 7) is 2.26. The standard InChI is InChI=1S/C10H13ClN6S/c1-6-3-7(11)14-8(13-6)5-18-10-16-15-9(4-12)17(10)2/h3H,4-5,12H2,1-2H3. The van der Waals surface area contributed by atoms with Gasteiger partial charge < -0.3 is 10.3 Å². The second kappa shape index (κ2) is 5.64. The van der Waals surface area contributed by atoms with E-state index >= 15 is 0 Å². The molecule has 0 atom stereocenters. The van der Waals surface area contributed by atoms with Crippen LogP contribution in [0.1, 0.15) is 17.3 Å². The van der Waals surface area contributed by atoms with Crippen LogP contribution in [0.2, 0.25) is 5.15 Å². The number of hydrogen-bond donors (Lipinski definition) is 1. The molecule has 2 aromatic heterocycles. The Bertz CT molecular complexity index is 535. The van der Waals surface area contributed by atoms with E-state index < -0.39 is 0 Å². The summed E-state index contributed by atoms with van der Waals surface area (Å²) in [5, 5.41) is 9.28. The lowest BCUT2D eigenvalue weighted by Crippen LogP contribution is -2.05. The maximum atomic E-state index is 5.88. The molecular weight excluding hydrogens is 272 g/mol. The van der Waals surface area contributed by atoms with Crippen LogP contribution in [0.4, 0.5) is 0 Å². The minimum absolute atomic E-state index is 0.372. The minimum Gasteiger partial charge on any atom is -0.324 e. The molecule has 2 heterocycles. The van der Waals surface area contributed by atoms with E-state index in [0.29, 0.717) is 23.3 Å². The number of nitrogens with zero attached hydrogens (tertiary/aromatic N) is 5. The van der Waals surface area contributed by atoms with Crippen LogP contribution in [0.15, 0.2) is 11.2 Å². The molecule has 18 heavy (non-hydrogen) atoms. The number of rotatable bonds is 4. The van der Waals surface area contributed by atoms with Crippen molar-refractivity contribution in [2.24, 2.45) is 12.8 Å². The summed E-state index contributed by atoms with van der Waals surface area (Å²) in [7, 11) is 1.88. The van der Waals surface area contributed by atoms with Gasteiger partial charge in [0.05, 0.1) is 12.3 Å². The van der Waals surface area contributed by atoms with Gasteiger partial charge in [0.15, 0.2) is 5.16 Å². The number of hydrogen-bond acceptors (Lipinski definition) is 6. The second-order valence-electron chi connectivity index (χ2n) is 3.70. The molecular formula is C10H13ClN6S. The van der Waals surface area contributed by atoms with E-state index in [1.165, 1.54) is 11.8 Å². The largest absolute Gasteiger partial charge is 0.324 e. The van der Waals surface area contributed by atoms with Gasteiger partial charge in [-0.25, -0.2) is 9.97 Å². The van der Waals surface area contributed by atoms with Gasteiger partial charge in [0.2, 0.25) is 0 Å². The van der Waals surface area contributed by atoms with Crippen molar-refractivity contribution in [2.45, 2.75) is 24.4 Å². The Morgan fingerprint density at radius 1 is 1.39 bits per heavy atom. The molecule has 0 amide bonds. The molecule has 0 fully saturated rings. The second-order valence-corrected chi connectivity index (χ2v) is 5.03. The summed E-state index contributed by atoms with van der Waals surface area (Å²) in [5.41, 5.74) is 6.39. The van der Waals surface area contributed by atoms with Crippen LogP contribution < -0.4 is 5.73 Å². The highest BCUT2D eigenvalue weighted by Crippen LogP contribution is 2.20. The van der Waals surface area contributed by atoms with Crippen molar-refractivity contribution in [1.29, 1.82) is 0 Å². The average Bonchev–Trinajstić information content (AvgIpc) is 2.66. The summed E-state index contributed by atoms with van der Waals surface area (Å²) >= 11 is 7.38. The number of thioether (sulfide) groups is 1. The minimum atomic E-state index is 0.372. The van der Waals surface area contributed by atoms with E-state index in [9.17, 15) is 0 Å². The highest BCUT2D eigenvalue weighted by Gasteiger charge is 2.09. The fraction of sp³-hybridized carbons (Fsp3) is 0.400. The zero-order valence-corrected chi connectivity index (χ0v) is 11.7. The van der Waals surface area contributed by atoms with Crippen LogP contribution in [-0.2, 0) is 19.3 Å². The first-order chi connectivity index (χ1) is 8.60. The van der Waals surface area contributed by atoms with Gasteiger partial charge in [-0.2, -0.15) is 0 Å². The summed E-state index contributed by atoms with van der Waals surface area (Å²) in [6.07, 6.45) is 0. The van der Waals surface area contributed by atoms with Gasteiger partial charge in [0, 0.05) is 12.7 Å². The first-order valence-electron chi connectivity index (χ1n) is 5.31. The van der Waals surface area contributed by atoms with Crippen molar-refractivity contribution in [3.05, 3.63) is 28.6 Å². The van der Waals surface area contributed by atoms with Crippen LogP contribution in [-0.4, -0.2) is 24.7 Å². The lowest BCUT2D eigenvalue weighted by atomic mass is 10.4. The lowest BCUT2D eigenvalue weighted by Gasteiger charge is -2.03. The van der Waals surface area contributed by atoms with Crippen molar-refractivity contribution < 1.29 is 0 Å². The molecule has 0 saturated heterocycles. The van der Waals surface area contributed by atoms with Crippen molar-refractivity contribution in [3.8, 4) is 0 Å².